The van der Waals surface area contributed by atoms with Crippen molar-refractivity contribution in [1.29, 1.82) is 0 Å². The third-order valence-electron chi connectivity index (χ3n) is 10.9. The molecule has 0 aliphatic carbocycles. The van der Waals surface area contributed by atoms with Gasteiger partial charge in [0.05, 0.1) is 57.3 Å². The van der Waals surface area contributed by atoms with Crippen molar-refractivity contribution < 1.29 is 0 Å². The third-order valence-corrected chi connectivity index (χ3v) is 10.9. The highest BCUT2D eigenvalue weighted by molar-refractivity contribution is 6.09. The third kappa shape index (κ3) is 3.82. The van der Waals surface area contributed by atoms with Crippen LogP contribution >= 0.6 is 0 Å². The molecule has 2 aliphatic heterocycles. The van der Waals surface area contributed by atoms with Gasteiger partial charge < -0.3 is 9.47 Å². The summed E-state index contributed by atoms with van der Waals surface area (Å²) in [7, 11) is 0. The predicted octanol–water partition coefficient (Wildman–Crippen LogP) is 11.5. The smallest absolute Gasteiger partial charge is 0.137 e. The van der Waals surface area contributed by atoms with E-state index < -0.39 is 5.41 Å². The van der Waals surface area contributed by atoms with Crippen LogP contribution in [0.15, 0.2) is 188 Å². The minimum atomic E-state index is -0.571. The molecule has 9 aromatic rings. The lowest BCUT2D eigenvalue weighted by atomic mass is 9.60. The molecule has 5 nitrogen and oxygen atoms in total. The molecule has 5 heterocycles. The number of pyridine rings is 2. The van der Waals surface area contributed by atoms with Crippen LogP contribution in [0.2, 0.25) is 0 Å². The van der Waals surface area contributed by atoms with Gasteiger partial charge in [0.25, 0.3) is 0 Å². The van der Waals surface area contributed by atoms with E-state index in [0.29, 0.717) is 0 Å². The van der Waals surface area contributed by atoms with Crippen molar-refractivity contribution >= 4 is 56.1 Å². The molecular formula is C47H31N5. The fourth-order valence-electron chi connectivity index (χ4n) is 8.91. The molecule has 244 valence electrons. The van der Waals surface area contributed by atoms with Crippen molar-refractivity contribution in [3.8, 4) is 5.69 Å². The zero-order valence-electron chi connectivity index (χ0n) is 28.1. The monoisotopic (exact) mass is 665 g/mol. The molecule has 0 unspecified atom stereocenters. The lowest BCUT2D eigenvalue weighted by molar-refractivity contribution is 0.718. The summed E-state index contributed by atoms with van der Waals surface area (Å²) < 4.78 is 2.26. The first-order chi connectivity index (χ1) is 25.8. The topological polar surface area (TPSA) is 37.2 Å². The summed E-state index contributed by atoms with van der Waals surface area (Å²) in [4.78, 5) is 14.4. The minimum absolute atomic E-state index is 0.571. The van der Waals surface area contributed by atoms with Gasteiger partial charge in [-0.05, 0) is 82.9 Å². The molecule has 2 aliphatic rings. The van der Waals surface area contributed by atoms with E-state index in [1.54, 1.807) is 0 Å². The van der Waals surface area contributed by atoms with E-state index in [2.05, 4.69) is 189 Å². The highest BCUT2D eigenvalue weighted by Gasteiger charge is 2.51. The second-order valence-corrected chi connectivity index (χ2v) is 13.4. The van der Waals surface area contributed by atoms with E-state index in [0.717, 1.165) is 39.6 Å². The lowest BCUT2D eigenvalue weighted by Gasteiger charge is -2.51. The Morgan fingerprint density at radius 1 is 0.385 bits per heavy atom. The molecule has 0 saturated heterocycles. The number of anilines is 6. The number of nitrogens with zero attached hydrogens (tertiary/aromatic N) is 5. The molecule has 0 amide bonds. The number of rotatable bonds is 3. The SMILES string of the molecule is c1ccc(N2c3ccccc3C3(c4ccccc42)c2ccccc2N(c2ccc(-n4c5ccccc5c5ccncc54)cn2)c2ccccc23)cc1. The first-order valence-electron chi connectivity index (χ1n) is 17.7. The molecule has 1 spiro atoms. The average molecular weight is 666 g/mol. The second-order valence-electron chi connectivity index (χ2n) is 13.4. The molecule has 0 bridgehead atoms. The highest BCUT2D eigenvalue weighted by Crippen LogP contribution is 2.63. The standard InChI is InChI=1S/C47H31N5/c1-2-14-32(15-3-1)50-41-22-10-5-17-36(41)47(37-18-6-11-23-42(37)50)38-19-7-12-24-43(38)52(44-25-13-8-20-39(44)47)46-27-26-33(30-49-46)51-40-21-9-4-16-34(40)35-28-29-48-31-45(35)51/h1-31H. The molecule has 0 N–H and O–H groups in total. The van der Waals surface area contributed by atoms with Crippen molar-refractivity contribution in [3.63, 3.8) is 0 Å². The highest BCUT2D eigenvalue weighted by atomic mass is 15.2. The summed E-state index contributed by atoms with van der Waals surface area (Å²) in [5.41, 5.74) is 13.3. The Hall–Kier alpha value is -6.98. The number of hydrogen-bond donors (Lipinski definition) is 0. The molecular weight excluding hydrogens is 635 g/mol. The van der Waals surface area contributed by atoms with Crippen LogP contribution in [0.3, 0.4) is 0 Å². The molecule has 5 heteroatoms. The van der Waals surface area contributed by atoms with Gasteiger partial charge in [-0.25, -0.2) is 4.98 Å². The van der Waals surface area contributed by atoms with Crippen molar-refractivity contribution in [2.24, 2.45) is 0 Å². The van der Waals surface area contributed by atoms with Gasteiger partial charge in [-0.15, -0.1) is 0 Å². The van der Waals surface area contributed by atoms with Crippen molar-refractivity contribution in [1.82, 2.24) is 14.5 Å². The van der Waals surface area contributed by atoms with Crippen LogP contribution in [0, 0.1) is 0 Å². The summed E-state index contributed by atoms with van der Waals surface area (Å²) in [6.45, 7) is 0. The fraction of sp³-hybridized carbons (Fsp3) is 0.0213. The van der Waals surface area contributed by atoms with E-state index in [9.17, 15) is 0 Å². The van der Waals surface area contributed by atoms with Gasteiger partial charge in [-0.1, -0.05) is 109 Å². The molecule has 11 rings (SSSR count). The van der Waals surface area contributed by atoms with Crippen LogP contribution < -0.4 is 9.80 Å². The Labute approximate surface area is 301 Å². The van der Waals surface area contributed by atoms with Gasteiger partial charge in [-0.2, -0.15) is 0 Å². The quantitative estimate of drug-likeness (QED) is 0.188. The van der Waals surface area contributed by atoms with E-state index >= 15 is 0 Å². The maximum atomic E-state index is 5.22. The summed E-state index contributed by atoms with van der Waals surface area (Å²) in [6, 6.07) is 61.2. The summed E-state index contributed by atoms with van der Waals surface area (Å²) in [6.07, 6.45) is 5.80. The molecule has 0 radical (unpaired) electrons. The maximum Gasteiger partial charge on any atom is 0.137 e. The number of benzene rings is 6. The number of hydrogen-bond acceptors (Lipinski definition) is 4. The predicted molar refractivity (Wildman–Crippen MR) is 211 cm³/mol. The summed E-state index contributed by atoms with van der Waals surface area (Å²) in [5, 5.41) is 2.38. The van der Waals surface area contributed by atoms with Crippen LogP contribution in [-0.2, 0) is 5.41 Å². The zero-order valence-corrected chi connectivity index (χ0v) is 28.1. The Bertz CT molecular complexity index is 2670. The normalized spacial score (nSPS) is 13.8. The summed E-state index contributed by atoms with van der Waals surface area (Å²) in [5.74, 6) is 0.862. The Kier molecular flexibility index (Phi) is 6.10. The lowest BCUT2D eigenvalue weighted by Crippen LogP contribution is -2.42. The van der Waals surface area contributed by atoms with Crippen LogP contribution in [0.25, 0.3) is 27.5 Å². The Morgan fingerprint density at radius 3 is 1.50 bits per heavy atom. The van der Waals surface area contributed by atoms with Gasteiger partial charge in [0.15, 0.2) is 0 Å². The maximum absolute atomic E-state index is 5.22. The molecule has 3 aromatic heterocycles. The van der Waals surface area contributed by atoms with Crippen LogP contribution in [0.1, 0.15) is 22.3 Å². The van der Waals surface area contributed by atoms with E-state index in [1.807, 2.05) is 18.6 Å². The molecule has 6 aromatic carbocycles. The first kappa shape index (κ1) is 28.8. The van der Waals surface area contributed by atoms with Gasteiger partial charge in [0, 0.05) is 22.7 Å². The second kappa shape index (κ2) is 11.0. The van der Waals surface area contributed by atoms with Crippen molar-refractivity contribution in [2.75, 3.05) is 9.80 Å². The fourth-order valence-corrected chi connectivity index (χ4v) is 8.91. The Morgan fingerprint density at radius 2 is 0.904 bits per heavy atom. The van der Waals surface area contributed by atoms with Gasteiger partial charge in [-0.3, -0.25) is 9.88 Å². The van der Waals surface area contributed by atoms with Crippen molar-refractivity contribution in [2.45, 2.75) is 5.41 Å². The van der Waals surface area contributed by atoms with E-state index in [1.165, 1.54) is 44.4 Å². The van der Waals surface area contributed by atoms with Crippen LogP contribution in [0.4, 0.5) is 34.3 Å². The first-order valence-corrected chi connectivity index (χ1v) is 17.7. The van der Waals surface area contributed by atoms with Crippen LogP contribution in [0.5, 0.6) is 0 Å². The van der Waals surface area contributed by atoms with Gasteiger partial charge in [0.2, 0.25) is 0 Å². The van der Waals surface area contributed by atoms with Crippen LogP contribution in [-0.4, -0.2) is 14.5 Å². The molecule has 0 fully saturated rings. The minimum Gasteiger partial charge on any atom is -0.310 e. The van der Waals surface area contributed by atoms with Crippen molar-refractivity contribution in [3.05, 3.63) is 211 Å². The largest absolute Gasteiger partial charge is 0.310 e. The molecule has 52 heavy (non-hydrogen) atoms. The number of aromatic nitrogens is 3. The molecule has 0 atom stereocenters. The number of para-hydroxylation sites is 6. The summed E-state index contributed by atoms with van der Waals surface area (Å²) >= 11 is 0. The van der Waals surface area contributed by atoms with E-state index in [-0.39, 0.29) is 0 Å². The zero-order chi connectivity index (χ0) is 34.2. The Balaban J connectivity index is 1.14. The molecule has 0 saturated carbocycles. The number of fused-ring (bicyclic) bond motifs is 11. The van der Waals surface area contributed by atoms with E-state index in [4.69, 9.17) is 4.98 Å². The van der Waals surface area contributed by atoms with Gasteiger partial charge >= 0.3 is 0 Å². The van der Waals surface area contributed by atoms with Gasteiger partial charge in [0.1, 0.15) is 5.82 Å². The average Bonchev–Trinajstić information content (AvgIpc) is 3.56.